The van der Waals surface area contributed by atoms with Gasteiger partial charge >= 0.3 is 6.03 Å². The second kappa shape index (κ2) is 4.86. The molecule has 90 valence electrons. The third-order valence-corrected chi connectivity index (χ3v) is 2.51. The first-order valence-electron chi connectivity index (χ1n) is 5.55. The molecule has 1 aliphatic rings. The molecule has 5 nitrogen and oxygen atoms in total. The van der Waals surface area contributed by atoms with Gasteiger partial charge in [0.25, 0.3) is 0 Å². The maximum Gasteiger partial charge on any atom is 0.328 e. The summed E-state index contributed by atoms with van der Waals surface area (Å²) in [7, 11) is 0. The van der Waals surface area contributed by atoms with Gasteiger partial charge in [-0.25, -0.2) is 4.79 Å². The number of rotatable bonds is 3. The molecule has 17 heavy (non-hydrogen) atoms. The zero-order chi connectivity index (χ0) is 12.3. The molecule has 1 aromatic carbocycles. The van der Waals surface area contributed by atoms with Gasteiger partial charge < -0.3 is 4.74 Å². The van der Waals surface area contributed by atoms with Crippen LogP contribution in [0.3, 0.4) is 0 Å². The minimum atomic E-state index is -0.395. The molecule has 0 atom stereocenters. The number of carbonyl (C=O) groups is 2. The first-order chi connectivity index (χ1) is 8.22. The van der Waals surface area contributed by atoms with Gasteiger partial charge in [0.05, 0.1) is 12.3 Å². The van der Waals surface area contributed by atoms with E-state index in [2.05, 4.69) is 5.32 Å². The Bertz CT molecular complexity index is 445. The maximum atomic E-state index is 11.7. The minimum absolute atomic E-state index is 0.236. The molecule has 0 unspecified atom stereocenters. The number of ether oxygens (including phenoxy) is 1. The standard InChI is InChI=1S/C12H14N2O3/c1-2-17-10-6-4-3-5-9(10)14-8-7-11(15)13-12(14)16/h3-6H,2,7-8H2,1H3,(H,13,15,16). The number of nitrogens with one attached hydrogen (secondary N) is 1. The highest BCUT2D eigenvalue weighted by Gasteiger charge is 2.26. The second-order valence-corrected chi connectivity index (χ2v) is 3.66. The van der Waals surface area contributed by atoms with Crippen LogP contribution in [-0.2, 0) is 4.79 Å². The lowest BCUT2D eigenvalue weighted by Gasteiger charge is -2.27. The van der Waals surface area contributed by atoms with Crippen molar-refractivity contribution in [3.63, 3.8) is 0 Å². The number of benzene rings is 1. The first kappa shape index (κ1) is 11.4. The summed E-state index contributed by atoms with van der Waals surface area (Å²) < 4.78 is 5.46. The Hall–Kier alpha value is -2.04. The van der Waals surface area contributed by atoms with Crippen molar-refractivity contribution in [3.8, 4) is 5.75 Å². The average molecular weight is 234 g/mol. The van der Waals surface area contributed by atoms with Gasteiger partial charge in [-0.1, -0.05) is 12.1 Å². The van der Waals surface area contributed by atoms with E-state index in [4.69, 9.17) is 4.74 Å². The number of hydrogen-bond acceptors (Lipinski definition) is 3. The quantitative estimate of drug-likeness (QED) is 0.862. The molecule has 0 bridgehead atoms. The number of amides is 3. The smallest absolute Gasteiger partial charge is 0.328 e. The van der Waals surface area contributed by atoms with E-state index in [-0.39, 0.29) is 5.91 Å². The van der Waals surface area contributed by atoms with Gasteiger partial charge in [0.2, 0.25) is 5.91 Å². The molecular weight excluding hydrogens is 220 g/mol. The van der Waals surface area contributed by atoms with Gasteiger partial charge in [-0.15, -0.1) is 0 Å². The summed E-state index contributed by atoms with van der Waals surface area (Å²) >= 11 is 0. The molecule has 0 aromatic heterocycles. The van der Waals surface area contributed by atoms with Gasteiger partial charge in [-0.3, -0.25) is 15.0 Å². The highest BCUT2D eigenvalue weighted by atomic mass is 16.5. The van der Waals surface area contributed by atoms with Crippen molar-refractivity contribution in [3.05, 3.63) is 24.3 Å². The third kappa shape index (κ3) is 2.38. The van der Waals surface area contributed by atoms with E-state index >= 15 is 0 Å². The first-order valence-corrected chi connectivity index (χ1v) is 5.55. The Kier molecular flexibility index (Phi) is 3.27. The van der Waals surface area contributed by atoms with Crippen molar-refractivity contribution in [1.82, 2.24) is 5.32 Å². The molecule has 1 aromatic rings. The highest BCUT2D eigenvalue weighted by molar-refractivity contribution is 6.06. The fourth-order valence-electron chi connectivity index (χ4n) is 1.75. The molecule has 3 amide bonds. The fraction of sp³-hybridized carbons (Fsp3) is 0.333. The van der Waals surface area contributed by atoms with Crippen molar-refractivity contribution >= 4 is 17.6 Å². The second-order valence-electron chi connectivity index (χ2n) is 3.66. The zero-order valence-electron chi connectivity index (χ0n) is 9.60. The van der Waals surface area contributed by atoms with Gasteiger partial charge in [-0.05, 0) is 19.1 Å². The van der Waals surface area contributed by atoms with Crippen molar-refractivity contribution in [2.45, 2.75) is 13.3 Å². The molecule has 0 spiro atoms. The van der Waals surface area contributed by atoms with Crippen LogP contribution >= 0.6 is 0 Å². The molecule has 0 saturated carbocycles. The van der Waals surface area contributed by atoms with Crippen molar-refractivity contribution in [1.29, 1.82) is 0 Å². The van der Waals surface area contributed by atoms with Gasteiger partial charge in [0.15, 0.2) is 0 Å². The third-order valence-electron chi connectivity index (χ3n) is 2.51. The normalized spacial score (nSPS) is 15.7. The number of para-hydroxylation sites is 2. The Balaban J connectivity index is 2.27. The van der Waals surface area contributed by atoms with Gasteiger partial charge in [0, 0.05) is 13.0 Å². The Labute approximate surface area is 99.4 Å². The van der Waals surface area contributed by atoms with E-state index in [1.807, 2.05) is 25.1 Å². The number of hydrogen-bond donors (Lipinski definition) is 1. The molecule has 1 N–H and O–H groups in total. The number of anilines is 1. The van der Waals surface area contributed by atoms with Crippen LogP contribution in [0.1, 0.15) is 13.3 Å². The highest BCUT2D eigenvalue weighted by Crippen LogP contribution is 2.29. The monoisotopic (exact) mass is 234 g/mol. The summed E-state index contributed by atoms with van der Waals surface area (Å²) in [6.45, 7) is 2.80. The Morgan fingerprint density at radius 2 is 2.12 bits per heavy atom. The molecule has 0 aliphatic carbocycles. The predicted molar refractivity (Wildman–Crippen MR) is 63.1 cm³/mol. The predicted octanol–water partition coefficient (Wildman–Crippen LogP) is 1.53. The van der Waals surface area contributed by atoms with E-state index in [0.717, 1.165) is 0 Å². The lowest BCUT2D eigenvalue weighted by atomic mass is 10.2. The Morgan fingerprint density at radius 1 is 1.35 bits per heavy atom. The van der Waals surface area contributed by atoms with Gasteiger partial charge in [-0.2, -0.15) is 0 Å². The SMILES string of the molecule is CCOc1ccccc1N1CCC(=O)NC1=O. The number of nitrogens with zero attached hydrogens (tertiary/aromatic N) is 1. The average Bonchev–Trinajstić information content (AvgIpc) is 2.31. The molecule has 1 aliphatic heterocycles. The van der Waals surface area contributed by atoms with E-state index in [0.29, 0.717) is 31.0 Å². The largest absolute Gasteiger partial charge is 0.492 e. The lowest BCUT2D eigenvalue weighted by molar-refractivity contribution is -0.120. The van der Waals surface area contributed by atoms with E-state index in [1.54, 1.807) is 6.07 Å². The van der Waals surface area contributed by atoms with Crippen LogP contribution in [0.5, 0.6) is 5.75 Å². The van der Waals surface area contributed by atoms with Crippen molar-refractivity contribution < 1.29 is 14.3 Å². The van der Waals surface area contributed by atoms with Crippen LogP contribution in [0, 0.1) is 0 Å². The summed E-state index contributed by atoms with van der Waals surface area (Å²) in [5, 5.41) is 2.29. The van der Waals surface area contributed by atoms with Crippen molar-refractivity contribution in [2.75, 3.05) is 18.1 Å². The summed E-state index contributed by atoms with van der Waals surface area (Å²) in [5.74, 6) is 0.416. The molecule has 1 heterocycles. The summed E-state index contributed by atoms with van der Waals surface area (Å²) in [6, 6.07) is 6.90. The van der Waals surface area contributed by atoms with Crippen LogP contribution < -0.4 is 15.0 Å². The van der Waals surface area contributed by atoms with Crippen LogP contribution in [0.2, 0.25) is 0 Å². The molecular formula is C12H14N2O3. The van der Waals surface area contributed by atoms with Crippen LogP contribution in [-0.4, -0.2) is 25.1 Å². The molecule has 5 heteroatoms. The lowest BCUT2D eigenvalue weighted by Crippen LogP contribution is -2.49. The number of urea groups is 1. The van der Waals surface area contributed by atoms with Crippen molar-refractivity contribution in [2.24, 2.45) is 0 Å². The summed E-state index contributed by atoms with van der Waals surface area (Å²) in [5.41, 5.74) is 0.694. The van der Waals surface area contributed by atoms with Gasteiger partial charge in [0.1, 0.15) is 5.75 Å². The topological polar surface area (TPSA) is 58.6 Å². The van der Waals surface area contributed by atoms with E-state index in [1.165, 1.54) is 4.90 Å². The van der Waals surface area contributed by atoms with Crippen LogP contribution in [0.15, 0.2) is 24.3 Å². The molecule has 1 fully saturated rings. The molecule has 1 saturated heterocycles. The van der Waals surface area contributed by atoms with Crippen LogP contribution in [0.25, 0.3) is 0 Å². The number of imide groups is 1. The summed E-state index contributed by atoms with van der Waals surface area (Å²) in [4.78, 5) is 24.3. The molecule has 0 radical (unpaired) electrons. The molecule has 2 rings (SSSR count). The Morgan fingerprint density at radius 3 is 2.82 bits per heavy atom. The van der Waals surface area contributed by atoms with Crippen LogP contribution in [0.4, 0.5) is 10.5 Å². The fourth-order valence-corrected chi connectivity index (χ4v) is 1.75. The summed E-state index contributed by atoms with van der Waals surface area (Å²) in [6.07, 6.45) is 0.312. The van der Waals surface area contributed by atoms with E-state index < -0.39 is 6.03 Å². The minimum Gasteiger partial charge on any atom is -0.492 e. The maximum absolute atomic E-state index is 11.7. The van der Waals surface area contributed by atoms with E-state index in [9.17, 15) is 9.59 Å². The zero-order valence-corrected chi connectivity index (χ0v) is 9.60. The number of carbonyl (C=O) groups excluding carboxylic acids is 2.